The van der Waals surface area contributed by atoms with Crippen molar-refractivity contribution < 1.29 is 14.0 Å². The molecule has 2 amide bonds. The fraction of sp³-hybridized carbons (Fsp3) is 0.222. The summed E-state index contributed by atoms with van der Waals surface area (Å²) in [5, 5.41) is 2.69. The van der Waals surface area contributed by atoms with E-state index in [1.807, 2.05) is 30.3 Å². The van der Waals surface area contributed by atoms with Gasteiger partial charge in [-0.15, -0.1) is 0 Å². The second-order valence-electron chi connectivity index (χ2n) is 5.60. The van der Waals surface area contributed by atoms with Crippen LogP contribution in [0.5, 0.6) is 0 Å². The van der Waals surface area contributed by atoms with Crippen LogP contribution in [0.4, 0.5) is 10.1 Å². The van der Waals surface area contributed by atoms with Crippen LogP contribution in [0.1, 0.15) is 22.3 Å². The van der Waals surface area contributed by atoms with Gasteiger partial charge in [0.05, 0.1) is 0 Å². The molecule has 2 aromatic rings. The Kier molecular flexibility index (Phi) is 4.10. The lowest BCUT2D eigenvalue weighted by Crippen LogP contribution is -2.41. The summed E-state index contributed by atoms with van der Waals surface area (Å²) < 4.78 is 13.6. The minimum absolute atomic E-state index is 0.142. The van der Waals surface area contributed by atoms with Gasteiger partial charge >= 0.3 is 0 Å². The average Bonchev–Trinajstić information content (AvgIpc) is 2.92. The van der Waals surface area contributed by atoms with Gasteiger partial charge in [-0.3, -0.25) is 9.59 Å². The highest BCUT2D eigenvalue weighted by Crippen LogP contribution is 2.21. The molecule has 3 rings (SSSR count). The fourth-order valence-electron chi connectivity index (χ4n) is 2.65. The van der Waals surface area contributed by atoms with Crippen molar-refractivity contribution in [2.24, 2.45) is 0 Å². The average molecular weight is 312 g/mol. The van der Waals surface area contributed by atoms with E-state index in [1.165, 1.54) is 6.07 Å². The Balaban J connectivity index is 1.70. The monoisotopic (exact) mass is 312 g/mol. The molecule has 1 atom stereocenters. The molecule has 0 spiro atoms. The van der Waals surface area contributed by atoms with Crippen LogP contribution in [0.2, 0.25) is 0 Å². The van der Waals surface area contributed by atoms with Crippen molar-refractivity contribution in [1.82, 2.24) is 5.32 Å². The van der Waals surface area contributed by atoms with Crippen LogP contribution in [-0.4, -0.2) is 24.4 Å². The maximum atomic E-state index is 13.6. The molecule has 0 saturated carbocycles. The first-order valence-electron chi connectivity index (χ1n) is 7.49. The zero-order valence-corrected chi connectivity index (χ0v) is 12.8. The van der Waals surface area contributed by atoms with Gasteiger partial charge in [0, 0.05) is 17.8 Å². The largest absolute Gasteiger partial charge is 0.340 e. The van der Waals surface area contributed by atoms with Gasteiger partial charge in [0.1, 0.15) is 11.9 Å². The molecule has 23 heavy (non-hydrogen) atoms. The molecule has 5 heteroatoms. The van der Waals surface area contributed by atoms with Gasteiger partial charge in [-0.2, -0.15) is 0 Å². The van der Waals surface area contributed by atoms with E-state index < -0.39 is 17.8 Å². The van der Waals surface area contributed by atoms with Gasteiger partial charge in [0.2, 0.25) is 5.91 Å². The molecule has 0 unspecified atom stereocenters. The lowest BCUT2D eigenvalue weighted by Gasteiger charge is -2.17. The lowest BCUT2D eigenvalue weighted by molar-refractivity contribution is -0.118. The van der Waals surface area contributed by atoms with Crippen LogP contribution in [0.25, 0.3) is 0 Å². The van der Waals surface area contributed by atoms with Crippen molar-refractivity contribution in [3.63, 3.8) is 0 Å². The summed E-state index contributed by atoms with van der Waals surface area (Å²) in [6, 6.07) is 13.1. The number of anilines is 1. The third-order valence-corrected chi connectivity index (χ3v) is 4.01. The summed E-state index contributed by atoms with van der Waals surface area (Å²) in [7, 11) is 0. The van der Waals surface area contributed by atoms with E-state index in [1.54, 1.807) is 24.0 Å². The number of carbonyl (C=O) groups is 2. The molecule has 1 aliphatic rings. The van der Waals surface area contributed by atoms with E-state index in [-0.39, 0.29) is 11.5 Å². The number of hydrogen-bond donors (Lipinski definition) is 1. The highest BCUT2D eigenvalue weighted by Gasteiger charge is 2.33. The van der Waals surface area contributed by atoms with E-state index in [9.17, 15) is 14.0 Å². The highest BCUT2D eigenvalue weighted by atomic mass is 19.1. The van der Waals surface area contributed by atoms with Gasteiger partial charge in [0.15, 0.2) is 0 Å². The van der Waals surface area contributed by atoms with Crippen molar-refractivity contribution in [2.75, 3.05) is 11.4 Å². The lowest BCUT2D eigenvalue weighted by atomic mass is 10.1. The van der Waals surface area contributed by atoms with Crippen molar-refractivity contribution >= 4 is 17.5 Å². The SMILES string of the molecule is Cc1ccc(C(=O)N[C@@H]2CCN(c3ccccc3)C2=O)cc1F. The Morgan fingerprint density at radius 1 is 1.22 bits per heavy atom. The molecule has 1 aliphatic heterocycles. The Hall–Kier alpha value is -2.69. The van der Waals surface area contributed by atoms with Crippen molar-refractivity contribution in [3.05, 3.63) is 65.5 Å². The standard InChI is InChI=1S/C18H17FN2O2/c1-12-7-8-13(11-15(12)19)17(22)20-16-9-10-21(18(16)23)14-5-3-2-4-6-14/h2-8,11,16H,9-10H2,1H3,(H,20,22)/t16-/m1/s1. The number of nitrogens with one attached hydrogen (secondary N) is 1. The first kappa shape index (κ1) is 15.2. The number of hydrogen-bond acceptors (Lipinski definition) is 2. The minimum atomic E-state index is -0.577. The topological polar surface area (TPSA) is 49.4 Å². The second kappa shape index (κ2) is 6.20. The number of aryl methyl sites for hydroxylation is 1. The van der Waals surface area contributed by atoms with Crippen LogP contribution in [0.15, 0.2) is 48.5 Å². The highest BCUT2D eigenvalue weighted by molar-refractivity contribution is 6.03. The van der Waals surface area contributed by atoms with Gasteiger partial charge in [0.25, 0.3) is 5.91 Å². The number of amides is 2. The Morgan fingerprint density at radius 2 is 1.96 bits per heavy atom. The first-order chi connectivity index (χ1) is 11.1. The molecule has 1 N–H and O–H groups in total. The number of para-hydroxylation sites is 1. The summed E-state index contributed by atoms with van der Waals surface area (Å²) in [6.07, 6.45) is 0.536. The van der Waals surface area contributed by atoms with Crippen LogP contribution in [-0.2, 0) is 4.79 Å². The van der Waals surface area contributed by atoms with E-state index in [0.29, 0.717) is 18.5 Å². The predicted octanol–water partition coefficient (Wildman–Crippen LogP) is 2.67. The number of halogens is 1. The summed E-state index contributed by atoms with van der Waals surface area (Å²) in [5.41, 5.74) is 1.52. The molecular formula is C18H17FN2O2. The zero-order valence-electron chi connectivity index (χ0n) is 12.8. The maximum Gasteiger partial charge on any atom is 0.252 e. The second-order valence-corrected chi connectivity index (χ2v) is 5.60. The van der Waals surface area contributed by atoms with E-state index in [2.05, 4.69) is 5.32 Å². The van der Waals surface area contributed by atoms with Crippen LogP contribution >= 0.6 is 0 Å². The van der Waals surface area contributed by atoms with Crippen LogP contribution in [0, 0.1) is 12.7 Å². The summed E-state index contributed by atoms with van der Waals surface area (Å²) in [6.45, 7) is 2.19. The maximum absolute atomic E-state index is 13.6. The van der Waals surface area contributed by atoms with Crippen molar-refractivity contribution in [3.8, 4) is 0 Å². The molecule has 1 saturated heterocycles. The molecule has 0 radical (unpaired) electrons. The molecule has 4 nitrogen and oxygen atoms in total. The molecule has 1 fully saturated rings. The normalized spacial score (nSPS) is 17.4. The summed E-state index contributed by atoms with van der Waals surface area (Å²) in [4.78, 5) is 26.3. The number of carbonyl (C=O) groups excluding carboxylic acids is 2. The molecule has 0 aliphatic carbocycles. The molecule has 0 bridgehead atoms. The molecule has 0 aromatic heterocycles. The Morgan fingerprint density at radius 3 is 2.65 bits per heavy atom. The zero-order chi connectivity index (χ0) is 16.4. The van der Waals surface area contributed by atoms with Gasteiger partial charge < -0.3 is 10.2 Å². The first-order valence-corrected chi connectivity index (χ1v) is 7.49. The van der Waals surface area contributed by atoms with Crippen molar-refractivity contribution in [1.29, 1.82) is 0 Å². The Bertz CT molecular complexity index is 746. The smallest absolute Gasteiger partial charge is 0.252 e. The Labute approximate surface area is 133 Å². The summed E-state index contributed by atoms with van der Waals surface area (Å²) >= 11 is 0. The number of rotatable bonds is 3. The third-order valence-electron chi connectivity index (χ3n) is 4.01. The third kappa shape index (κ3) is 3.08. The molecule has 1 heterocycles. The van der Waals surface area contributed by atoms with E-state index in [4.69, 9.17) is 0 Å². The number of nitrogens with zero attached hydrogens (tertiary/aromatic N) is 1. The fourth-order valence-corrected chi connectivity index (χ4v) is 2.65. The quantitative estimate of drug-likeness (QED) is 0.947. The predicted molar refractivity (Wildman–Crippen MR) is 85.8 cm³/mol. The van der Waals surface area contributed by atoms with Crippen molar-refractivity contribution in [2.45, 2.75) is 19.4 Å². The number of benzene rings is 2. The van der Waals surface area contributed by atoms with Gasteiger partial charge in [-0.25, -0.2) is 4.39 Å². The van der Waals surface area contributed by atoms with Crippen LogP contribution < -0.4 is 10.2 Å². The molecular weight excluding hydrogens is 295 g/mol. The molecule has 2 aromatic carbocycles. The minimum Gasteiger partial charge on any atom is -0.340 e. The van der Waals surface area contributed by atoms with Crippen LogP contribution in [0.3, 0.4) is 0 Å². The van der Waals surface area contributed by atoms with Gasteiger partial charge in [-0.05, 0) is 43.2 Å². The van der Waals surface area contributed by atoms with E-state index in [0.717, 1.165) is 5.69 Å². The van der Waals surface area contributed by atoms with Gasteiger partial charge in [-0.1, -0.05) is 24.3 Å². The molecule has 118 valence electrons. The van der Waals surface area contributed by atoms with E-state index >= 15 is 0 Å². The summed E-state index contributed by atoms with van der Waals surface area (Å²) in [5.74, 6) is -1.00.